The molecule has 0 saturated carbocycles. The van der Waals surface area contributed by atoms with Crippen molar-refractivity contribution in [2.45, 2.75) is 24.9 Å². The van der Waals surface area contributed by atoms with Crippen LogP contribution in [0.25, 0.3) is 0 Å². The maximum Gasteiger partial charge on any atom is 0.336 e. The highest BCUT2D eigenvalue weighted by atomic mass is 35.5. The average Bonchev–Trinajstić information content (AvgIpc) is 2.62. The summed E-state index contributed by atoms with van der Waals surface area (Å²) in [5.41, 5.74) is 1.33. The lowest BCUT2D eigenvalue weighted by Gasteiger charge is -2.29. The van der Waals surface area contributed by atoms with Crippen molar-refractivity contribution >= 4 is 46.8 Å². The van der Waals surface area contributed by atoms with E-state index in [-0.39, 0.29) is 17.2 Å². The highest BCUT2D eigenvalue weighted by Crippen LogP contribution is 2.43. The Bertz CT molecular complexity index is 1000. The first-order valence-electron chi connectivity index (χ1n) is 8.16. The summed E-state index contributed by atoms with van der Waals surface area (Å²) >= 11 is 13.9. The van der Waals surface area contributed by atoms with Crippen molar-refractivity contribution in [1.29, 1.82) is 0 Å². The van der Waals surface area contributed by atoms with Gasteiger partial charge in [0.1, 0.15) is 5.82 Å². The second kappa shape index (κ2) is 7.96. The zero-order valence-electron chi connectivity index (χ0n) is 14.9. The van der Waals surface area contributed by atoms with E-state index in [4.69, 9.17) is 27.9 Å². The minimum Gasteiger partial charge on any atom is -0.463 e. The molecule has 0 radical (unpaired) electrons. The topological polar surface area (TPSA) is 84.1 Å². The van der Waals surface area contributed by atoms with Crippen LogP contribution >= 0.6 is 35.0 Å². The van der Waals surface area contributed by atoms with Gasteiger partial charge in [-0.05, 0) is 31.7 Å². The SMILES string of the molecule is CCOC(=O)C1=C(C)Nc2nc(SC)[nH]c(=O)c2C1c1cccc(Cl)c1Cl. The molecule has 9 heteroatoms. The number of allylic oxidation sites excluding steroid dienone is 1. The number of hydrogen-bond acceptors (Lipinski definition) is 6. The summed E-state index contributed by atoms with van der Waals surface area (Å²) < 4.78 is 5.22. The van der Waals surface area contributed by atoms with E-state index < -0.39 is 11.9 Å². The maximum absolute atomic E-state index is 12.9. The van der Waals surface area contributed by atoms with Gasteiger partial charge >= 0.3 is 5.97 Å². The van der Waals surface area contributed by atoms with Gasteiger partial charge in [0.2, 0.25) is 0 Å². The van der Waals surface area contributed by atoms with Crippen LogP contribution in [0.4, 0.5) is 5.82 Å². The number of benzene rings is 1. The second-order valence-electron chi connectivity index (χ2n) is 5.80. The molecule has 1 aliphatic heterocycles. The summed E-state index contributed by atoms with van der Waals surface area (Å²) in [6, 6.07) is 5.11. The molecule has 0 aliphatic carbocycles. The minimum absolute atomic E-state index is 0.207. The quantitative estimate of drug-likeness (QED) is 0.433. The number of nitrogens with one attached hydrogen (secondary N) is 2. The molecule has 0 bridgehead atoms. The number of anilines is 1. The van der Waals surface area contributed by atoms with Crippen molar-refractivity contribution in [3.8, 4) is 0 Å². The molecule has 1 aromatic heterocycles. The third kappa shape index (κ3) is 3.59. The summed E-state index contributed by atoms with van der Waals surface area (Å²) in [6.45, 7) is 3.67. The molecule has 1 atom stereocenters. The fourth-order valence-electron chi connectivity index (χ4n) is 3.06. The number of halogens is 2. The Balaban J connectivity index is 2.32. The standard InChI is InChI=1S/C18H17Cl2N3O3S/c1-4-26-17(25)11-8(2)21-15-13(16(24)23-18(22-15)27-3)12(11)9-6-5-7-10(19)14(9)20/h5-7,12H,4H2,1-3H3,(H2,21,22,23,24). The van der Waals surface area contributed by atoms with Crippen LogP contribution in [0.3, 0.4) is 0 Å². The summed E-state index contributed by atoms with van der Waals surface area (Å²) in [4.78, 5) is 32.7. The number of thioether (sulfide) groups is 1. The molecule has 2 N–H and O–H groups in total. The van der Waals surface area contributed by atoms with Crippen molar-refractivity contribution in [3.05, 3.63) is 61.0 Å². The van der Waals surface area contributed by atoms with Gasteiger partial charge in [0.25, 0.3) is 5.56 Å². The predicted octanol–water partition coefficient (Wildman–Crippen LogP) is 4.19. The molecule has 1 aromatic carbocycles. The number of H-pyrrole nitrogens is 1. The summed E-state index contributed by atoms with van der Waals surface area (Å²) in [7, 11) is 0. The maximum atomic E-state index is 12.9. The molecule has 2 aromatic rings. The van der Waals surface area contributed by atoms with Gasteiger partial charge in [-0.25, -0.2) is 9.78 Å². The third-order valence-corrected chi connectivity index (χ3v) is 5.62. The van der Waals surface area contributed by atoms with Crippen molar-refractivity contribution in [1.82, 2.24) is 9.97 Å². The number of carbonyl (C=O) groups excluding carboxylic acids is 1. The van der Waals surface area contributed by atoms with Gasteiger partial charge in [-0.15, -0.1) is 0 Å². The molecule has 0 amide bonds. The highest BCUT2D eigenvalue weighted by Gasteiger charge is 2.37. The molecule has 27 heavy (non-hydrogen) atoms. The molecule has 0 saturated heterocycles. The van der Waals surface area contributed by atoms with Gasteiger partial charge < -0.3 is 15.0 Å². The number of carbonyl (C=O) groups is 1. The minimum atomic E-state index is -0.751. The predicted molar refractivity (Wildman–Crippen MR) is 108 cm³/mol. The monoisotopic (exact) mass is 425 g/mol. The van der Waals surface area contributed by atoms with Crippen LogP contribution in [-0.4, -0.2) is 28.8 Å². The van der Waals surface area contributed by atoms with Crippen molar-refractivity contribution in [2.24, 2.45) is 0 Å². The van der Waals surface area contributed by atoms with E-state index in [0.717, 1.165) is 0 Å². The van der Waals surface area contributed by atoms with Crippen LogP contribution in [-0.2, 0) is 9.53 Å². The van der Waals surface area contributed by atoms with Gasteiger partial charge in [0.05, 0.1) is 33.7 Å². The Labute approximate surface area is 170 Å². The van der Waals surface area contributed by atoms with E-state index in [1.54, 1.807) is 32.0 Å². The molecule has 6 nitrogen and oxygen atoms in total. The largest absolute Gasteiger partial charge is 0.463 e. The average molecular weight is 426 g/mol. The lowest BCUT2D eigenvalue weighted by atomic mass is 9.82. The Morgan fingerprint density at radius 2 is 2.11 bits per heavy atom. The number of fused-ring (bicyclic) bond motifs is 1. The van der Waals surface area contributed by atoms with Crippen molar-refractivity contribution in [3.63, 3.8) is 0 Å². The number of hydrogen-bond donors (Lipinski definition) is 2. The molecule has 2 heterocycles. The molecule has 0 fully saturated rings. The van der Waals surface area contributed by atoms with E-state index >= 15 is 0 Å². The number of aromatic nitrogens is 2. The van der Waals surface area contributed by atoms with E-state index in [0.29, 0.717) is 38.4 Å². The molecule has 142 valence electrons. The number of aromatic amines is 1. The van der Waals surface area contributed by atoms with E-state index in [2.05, 4.69) is 15.3 Å². The lowest BCUT2D eigenvalue weighted by molar-refractivity contribution is -0.138. The van der Waals surface area contributed by atoms with Gasteiger partial charge in [0, 0.05) is 5.70 Å². The second-order valence-corrected chi connectivity index (χ2v) is 7.38. The van der Waals surface area contributed by atoms with E-state index in [9.17, 15) is 9.59 Å². The van der Waals surface area contributed by atoms with Gasteiger partial charge in [-0.1, -0.05) is 47.1 Å². The number of esters is 1. The van der Waals surface area contributed by atoms with E-state index in [1.165, 1.54) is 11.8 Å². The zero-order chi connectivity index (χ0) is 19.7. The van der Waals surface area contributed by atoms with Crippen molar-refractivity contribution < 1.29 is 9.53 Å². The van der Waals surface area contributed by atoms with Crippen LogP contribution in [0.2, 0.25) is 10.0 Å². The fraction of sp³-hybridized carbons (Fsp3) is 0.278. The first-order chi connectivity index (χ1) is 12.9. The summed E-state index contributed by atoms with van der Waals surface area (Å²) in [5, 5.41) is 4.14. The van der Waals surface area contributed by atoms with Crippen LogP contribution in [0.15, 0.2) is 39.4 Å². The fourth-order valence-corrected chi connectivity index (χ4v) is 3.86. The Morgan fingerprint density at radius 1 is 1.37 bits per heavy atom. The molecule has 0 spiro atoms. The molecule has 1 unspecified atom stereocenters. The van der Waals surface area contributed by atoms with Gasteiger partial charge in [-0.2, -0.15) is 0 Å². The van der Waals surface area contributed by atoms with Gasteiger partial charge in [-0.3, -0.25) is 4.79 Å². The Kier molecular flexibility index (Phi) is 5.83. The number of nitrogens with zero attached hydrogens (tertiary/aromatic N) is 1. The molecular weight excluding hydrogens is 409 g/mol. The highest BCUT2D eigenvalue weighted by molar-refractivity contribution is 7.98. The third-order valence-electron chi connectivity index (χ3n) is 4.20. The van der Waals surface area contributed by atoms with Gasteiger partial charge in [0.15, 0.2) is 5.16 Å². The normalized spacial score (nSPS) is 16.0. The van der Waals surface area contributed by atoms with Crippen LogP contribution in [0, 0.1) is 0 Å². The van der Waals surface area contributed by atoms with Crippen LogP contribution in [0.1, 0.15) is 30.9 Å². The van der Waals surface area contributed by atoms with Crippen LogP contribution < -0.4 is 10.9 Å². The molecule has 3 rings (SSSR count). The summed E-state index contributed by atoms with van der Waals surface area (Å²) in [5.74, 6) is -0.893. The van der Waals surface area contributed by atoms with E-state index in [1.807, 2.05) is 6.26 Å². The number of rotatable bonds is 4. The lowest BCUT2D eigenvalue weighted by Crippen LogP contribution is -2.31. The molecule has 1 aliphatic rings. The molecular formula is C18H17Cl2N3O3S. The smallest absolute Gasteiger partial charge is 0.336 e. The first-order valence-corrected chi connectivity index (χ1v) is 10.1. The zero-order valence-corrected chi connectivity index (χ0v) is 17.2. The number of ether oxygens (including phenoxy) is 1. The van der Waals surface area contributed by atoms with Crippen LogP contribution in [0.5, 0.6) is 0 Å². The Morgan fingerprint density at radius 3 is 2.78 bits per heavy atom. The first kappa shape index (κ1) is 19.8. The van der Waals surface area contributed by atoms with Crippen molar-refractivity contribution in [2.75, 3.05) is 18.2 Å². The summed E-state index contributed by atoms with van der Waals surface area (Å²) in [6.07, 6.45) is 1.81. The Hall–Kier alpha value is -1.96.